The fourth-order valence-corrected chi connectivity index (χ4v) is 2.87. The molecule has 0 fully saturated rings. The predicted molar refractivity (Wildman–Crippen MR) is 90.5 cm³/mol. The molecule has 0 saturated carbocycles. The Bertz CT molecular complexity index is 860. The summed E-state index contributed by atoms with van der Waals surface area (Å²) in [6.45, 7) is 6.34. The summed E-state index contributed by atoms with van der Waals surface area (Å²) < 4.78 is 18.1. The van der Waals surface area contributed by atoms with E-state index < -0.39 is 0 Å². The van der Waals surface area contributed by atoms with Crippen molar-refractivity contribution in [1.82, 2.24) is 14.7 Å². The van der Waals surface area contributed by atoms with Gasteiger partial charge < -0.3 is 24.3 Å². The molecule has 0 aliphatic heterocycles. The Hall–Kier alpha value is -2.54. The maximum absolute atomic E-state index is 6.14. The van der Waals surface area contributed by atoms with E-state index in [1.165, 1.54) is 0 Å². The van der Waals surface area contributed by atoms with Gasteiger partial charge in [-0.3, -0.25) is 0 Å². The van der Waals surface area contributed by atoms with E-state index in [2.05, 4.69) is 14.7 Å². The topological polar surface area (TPSA) is 88.3 Å². The first-order chi connectivity index (χ1) is 11.5. The van der Waals surface area contributed by atoms with Crippen molar-refractivity contribution in [3.8, 4) is 11.5 Å². The number of fused-ring (bicyclic) bond motifs is 1. The zero-order valence-corrected chi connectivity index (χ0v) is 14.6. The normalized spacial score (nSPS) is 12.6. The second kappa shape index (κ2) is 6.16. The molecular weight excluding hydrogens is 308 g/mol. The third-order valence-electron chi connectivity index (χ3n) is 4.19. The summed E-state index contributed by atoms with van der Waals surface area (Å²) in [7, 11) is 3.22. The Morgan fingerprint density at radius 3 is 2.42 bits per heavy atom. The molecule has 128 valence electrons. The van der Waals surface area contributed by atoms with Gasteiger partial charge in [-0.1, -0.05) is 5.16 Å². The van der Waals surface area contributed by atoms with E-state index >= 15 is 0 Å². The number of hydrogen-bond donors (Lipinski definition) is 1. The Morgan fingerprint density at radius 2 is 1.88 bits per heavy atom. The van der Waals surface area contributed by atoms with Crippen molar-refractivity contribution >= 4 is 11.0 Å². The summed E-state index contributed by atoms with van der Waals surface area (Å²) in [4.78, 5) is 4.69. The van der Waals surface area contributed by atoms with E-state index in [1.807, 2.05) is 32.9 Å². The number of ether oxygens (including phenoxy) is 2. The zero-order chi connectivity index (χ0) is 17.4. The second-order valence-corrected chi connectivity index (χ2v) is 5.84. The Morgan fingerprint density at radius 1 is 1.21 bits per heavy atom. The highest BCUT2D eigenvalue weighted by Gasteiger charge is 2.20. The van der Waals surface area contributed by atoms with E-state index in [0.29, 0.717) is 18.0 Å². The van der Waals surface area contributed by atoms with Crippen LogP contribution in [0.4, 0.5) is 0 Å². The van der Waals surface area contributed by atoms with Gasteiger partial charge in [0.25, 0.3) is 0 Å². The van der Waals surface area contributed by atoms with Crippen LogP contribution in [0.25, 0.3) is 11.0 Å². The largest absolute Gasteiger partial charge is 0.493 e. The molecule has 1 aromatic carbocycles. The SMILES string of the molecule is COc1cc2nc(C(C)N)n(Cc3c(C)noc3C)c2cc1OC. The van der Waals surface area contributed by atoms with Gasteiger partial charge in [0.2, 0.25) is 0 Å². The molecule has 2 heterocycles. The minimum absolute atomic E-state index is 0.213. The van der Waals surface area contributed by atoms with Gasteiger partial charge in [-0.05, 0) is 20.8 Å². The third-order valence-corrected chi connectivity index (χ3v) is 4.19. The molecule has 1 atom stereocenters. The summed E-state index contributed by atoms with van der Waals surface area (Å²) in [6, 6.07) is 3.57. The highest BCUT2D eigenvalue weighted by Crippen LogP contribution is 2.33. The average Bonchev–Trinajstić information content (AvgIpc) is 3.08. The fraction of sp³-hybridized carbons (Fsp3) is 0.412. The van der Waals surface area contributed by atoms with Crippen LogP contribution in [0, 0.1) is 13.8 Å². The standard InChI is InChI=1S/C17H22N4O3/c1-9(18)17-19-13-6-15(22-4)16(23-5)7-14(13)21(17)8-12-10(2)20-24-11(12)3/h6-7,9H,8,18H2,1-5H3. The highest BCUT2D eigenvalue weighted by atomic mass is 16.5. The number of nitrogens with two attached hydrogens (primary N) is 1. The van der Waals surface area contributed by atoms with Crippen LogP contribution in [-0.2, 0) is 6.54 Å². The number of benzene rings is 1. The van der Waals surface area contributed by atoms with Crippen molar-refractivity contribution in [3.05, 3.63) is 35.0 Å². The monoisotopic (exact) mass is 330 g/mol. The van der Waals surface area contributed by atoms with Crippen LogP contribution in [0.1, 0.15) is 35.8 Å². The minimum Gasteiger partial charge on any atom is -0.493 e. The number of imidazole rings is 1. The van der Waals surface area contributed by atoms with Crippen molar-refractivity contribution in [2.45, 2.75) is 33.4 Å². The number of methoxy groups -OCH3 is 2. The summed E-state index contributed by atoms with van der Waals surface area (Å²) >= 11 is 0. The van der Waals surface area contributed by atoms with Gasteiger partial charge in [-0.15, -0.1) is 0 Å². The van der Waals surface area contributed by atoms with Crippen molar-refractivity contribution in [2.75, 3.05) is 14.2 Å². The van der Waals surface area contributed by atoms with E-state index in [1.54, 1.807) is 14.2 Å². The Kier molecular flexibility index (Phi) is 4.19. The lowest BCUT2D eigenvalue weighted by molar-refractivity contribution is 0.355. The van der Waals surface area contributed by atoms with Crippen LogP contribution in [0.15, 0.2) is 16.7 Å². The third kappa shape index (κ3) is 2.60. The maximum Gasteiger partial charge on any atom is 0.163 e. The summed E-state index contributed by atoms with van der Waals surface area (Å²) in [5.74, 6) is 2.88. The van der Waals surface area contributed by atoms with Crippen LogP contribution in [0.3, 0.4) is 0 Å². The number of rotatable bonds is 5. The van der Waals surface area contributed by atoms with Crippen molar-refractivity contribution < 1.29 is 14.0 Å². The molecule has 0 saturated heterocycles. The van der Waals surface area contributed by atoms with Gasteiger partial charge in [0, 0.05) is 17.7 Å². The summed E-state index contributed by atoms with van der Waals surface area (Å²) in [6.07, 6.45) is 0. The molecule has 2 aromatic heterocycles. The smallest absolute Gasteiger partial charge is 0.163 e. The molecule has 2 N–H and O–H groups in total. The van der Waals surface area contributed by atoms with Crippen molar-refractivity contribution in [2.24, 2.45) is 5.73 Å². The molecule has 0 amide bonds. The molecule has 1 unspecified atom stereocenters. The molecule has 0 aliphatic rings. The van der Waals surface area contributed by atoms with Gasteiger partial charge in [0.15, 0.2) is 11.5 Å². The number of nitrogens with zero attached hydrogens (tertiary/aromatic N) is 3. The highest BCUT2D eigenvalue weighted by molar-refractivity contribution is 5.81. The van der Waals surface area contributed by atoms with E-state index in [4.69, 9.17) is 19.7 Å². The van der Waals surface area contributed by atoms with Gasteiger partial charge in [0.05, 0.1) is 43.5 Å². The lowest BCUT2D eigenvalue weighted by atomic mass is 10.2. The number of aromatic nitrogens is 3. The molecule has 0 aliphatic carbocycles. The maximum atomic E-state index is 6.14. The number of aryl methyl sites for hydroxylation is 2. The molecule has 3 aromatic rings. The molecule has 7 heteroatoms. The van der Waals surface area contributed by atoms with E-state index in [9.17, 15) is 0 Å². The number of hydrogen-bond acceptors (Lipinski definition) is 6. The predicted octanol–water partition coefficient (Wildman–Crippen LogP) is 2.73. The van der Waals surface area contributed by atoms with Crippen LogP contribution < -0.4 is 15.2 Å². The van der Waals surface area contributed by atoms with Gasteiger partial charge in [-0.2, -0.15) is 0 Å². The average molecular weight is 330 g/mol. The second-order valence-electron chi connectivity index (χ2n) is 5.84. The zero-order valence-electron chi connectivity index (χ0n) is 14.6. The van der Waals surface area contributed by atoms with Crippen LogP contribution in [0.2, 0.25) is 0 Å². The van der Waals surface area contributed by atoms with Gasteiger partial charge in [0.1, 0.15) is 11.6 Å². The molecule has 24 heavy (non-hydrogen) atoms. The van der Waals surface area contributed by atoms with Crippen LogP contribution >= 0.6 is 0 Å². The molecule has 3 rings (SSSR count). The molecular formula is C17H22N4O3. The summed E-state index contributed by atoms with van der Waals surface area (Å²) in [5.41, 5.74) is 9.78. The van der Waals surface area contributed by atoms with Gasteiger partial charge >= 0.3 is 0 Å². The molecule has 0 bridgehead atoms. The Labute approximate surface area is 140 Å². The Balaban J connectivity index is 2.22. The lowest BCUT2D eigenvalue weighted by Crippen LogP contribution is -2.14. The van der Waals surface area contributed by atoms with Crippen molar-refractivity contribution in [1.29, 1.82) is 0 Å². The lowest BCUT2D eigenvalue weighted by Gasteiger charge is -2.12. The molecule has 0 spiro atoms. The minimum atomic E-state index is -0.213. The summed E-state index contributed by atoms with van der Waals surface area (Å²) in [5, 5.41) is 4.03. The first kappa shape index (κ1) is 16.3. The van der Waals surface area contributed by atoms with E-state index in [-0.39, 0.29) is 6.04 Å². The first-order valence-corrected chi connectivity index (χ1v) is 7.75. The quantitative estimate of drug-likeness (QED) is 0.774. The van der Waals surface area contributed by atoms with Crippen molar-refractivity contribution in [3.63, 3.8) is 0 Å². The first-order valence-electron chi connectivity index (χ1n) is 7.75. The van der Waals surface area contributed by atoms with Gasteiger partial charge in [-0.25, -0.2) is 4.98 Å². The fourth-order valence-electron chi connectivity index (χ4n) is 2.87. The van der Waals surface area contributed by atoms with E-state index in [0.717, 1.165) is 33.9 Å². The van der Waals surface area contributed by atoms with Crippen LogP contribution in [-0.4, -0.2) is 28.9 Å². The molecule has 0 radical (unpaired) electrons. The van der Waals surface area contributed by atoms with Crippen LogP contribution in [0.5, 0.6) is 11.5 Å². The molecule has 7 nitrogen and oxygen atoms in total.